The van der Waals surface area contributed by atoms with E-state index in [4.69, 9.17) is 5.73 Å². The summed E-state index contributed by atoms with van der Waals surface area (Å²) >= 11 is 0. The summed E-state index contributed by atoms with van der Waals surface area (Å²) in [6.07, 6.45) is 5.79. The molecule has 35 heavy (non-hydrogen) atoms. The van der Waals surface area contributed by atoms with Crippen LogP contribution in [0.4, 0.5) is 0 Å². The molecule has 1 amide bonds. The molecule has 8 nitrogen and oxygen atoms in total. The summed E-state index contributed by atoms with van der Waals surface area (Å²) in [4.78, 5) is 64.8. The van der Waals surface area contributed by atoms with Gasteiger partial charge in [-0.15, -0.1) is 0 Å². The molecule has 2 fully saturated rings. The Balaban J connectivity index is 1.63. The molecule has 4 aliphatic rings. The standard InChI is InChI=1S/C27H29NO7/c1-11(2)15-10-16(12-5-3-4-6-12)22(30)20-17(15)8-13-7-14-9-18(29)21(26(28)34)25(33)27(14,35)24(32)19(13)23(20)31/h3,5,10-14,19,21,30,35H,4,6-9H2,1-2H3,(H2,28,34)/t12?,13-,14+,19?,21?,27+/m1/s1. The molecule has 0 spiro atoms. The number of carbonyl (C=O) groups is 5. The number of rotatable bonds is 3. The maximum atomic E-state index is 13.8. The van der Waals surface area contributed by atoms with Gasteiger partial charge in [-0.05, 0) is 48.6 Å². The van der Waals surface area contributed by atoms with Gasteiger partial charge in [-0.1, -0.05) is 32.1 Å². The first-order valence-corrected chi connectivity index (χ1v) is 12.2. The summed E-state index contributed by atoms with van der Waals surface area (Å²) in [5.74, 6) is -9.66. The Morgan fingerprint density at radius 3 is 2.46 bits per heavy atom. The first-order chi connectivity index (χ1) is 16.5. The molecule has 1 aromatic carbocycles. The van der Waals surface area contributed by atoms with E-state index < -0.39 is 58.3 Å². The lowest BCUT2D eigenvalue weighted by molar-refractivity contribution is -0.175. The predicted octanol–water partition coefficient (Wildman–Crippen LogP) is 1.88. The van der Waals surface area contributed by atoms with Gasteiger partial charge in [0, 0.05) is 23.8 Å². The number of phenols is 1. The maximum absolute atomic E-state index is 13.8. The van der Waals surface area contributed by atoms with Crippen molar-refractivity contribution in [1.29, 1.82) is 0 Å². The fourth-order valence-electron chi connectivity index (χ4n) is 6.77. The zero-order valence-electron chi connectivity index (χ0n) is 19.7. The molecule has 6 atom stereocenters. The molecule has 5 rings (SSSR count). The molecule has 4 N–H and O–H groups in total. The topological polar surface area (TPSA) is 152 Å². The van der Waals surface area contributed by atoms with Crippen molar-refractivity contribution in [3.8, 4) is 5.75 Å². The van der Waals surface area contributed by atoms with Crippen LogP contribution in [-0.4, -0.2) is 44.9 Å². The Labute approximate surface area is 202 Å². The van der Waals surface area contributed by atoms with Gasteiger partial charge in [-0.3, -0.25) is 24.0 Å². The van der Waals surface area contributed by atoms with E-state index in [9.17, 15) is 34.2 Å². The predicted molar refractivity (Wildman–Crippen MR) is 124 cm³/mol. The third-order valence-corrected chi connectivity index (χ3v) is 8.50. The van der Waals surface area contributed by atoms with Crippen molar-refractivity contribution in [1.82, 2.24) is 0 Å². The van der Waals surface area contributed by atoms with Crippen LogP contribution in [0.2, 0.25) is 0 Å². The molecule has 0 aromatic heterocycles. The van der Waals surface area contributed by atoms with Crippen LogP contribution >= 0.6 is 0 Å². The summed E-state index contributed by atoms with van der Waals surface area (Å²) in [6.45, 7) is 4.01. The molecule has 4 aliphatic carbocycles. The number of allylic oxidation sites excluding steroid dienone is 2. The third kappa shape index (κ3) is 3.19. The van der Waals surface area contributed by atoms with Gasteiger partial charge in [0.15, 0.2) is 34.7 Å². The minimum atomic E-state index is -2.62. The van der Waals surface area contributed by atoms with Crippen LogP contribution in [0.1, 0.15) is 78.4 Å². The summed E-state index contributed by atoms with van der Waals surface area (Å²) in [6, 6.07) is 1.96. The van der Waals surface area contributed by atoms with E-state index in [0.717, 1.165) is 18.4 Å². The Kier molecular flexibility index (Phi) is 5.36. The number of aliphatic hydroxyl groups is 1. The normalized spacial score (nSPS) is 34.1. The molecule has 2 saturated carbocycles. The summed E-state index contributed by atoms with van der Waals surface area (Å²) in [7, 11) is 0. The number of carbonyl (C=O) groups excluding carboxylic acids is 5. The highest BCUT2D eigenvalue weighted by Gasteiger charge is 2.66. The molecule has 1 aromatic rings. The zero-order chi connectivity index (χ0) is 25.4. The average molecular weight is 480 g/mol. The number of aromatic hydroxyl groups is 1. The quantitative estimate of drug-likeness (QED) is 0.442. The molecular weight excluding hydrogens is 450 g/mol. The van der Waals surface area contributed by atoms with Crippen molar-refractivity contribution in [3.05, 3.63) is 40.5 Å². The number of nitrogens with two attached hydrogens (primary N) is 1. The van der Waals surface area contributed by atoms with Crippen molar-refractivity contribution >= 4 is 29.0 Å². The zero-order valence-corrected chi connectivity index (χ0v) is 19.7. The van der Waals surface area contributed by atoms with Crippen LogP contribution in [0.15, 0.2) is 18.2 Å². The summed E-state index contributed by atoms with van der Waals surface area (Å²) in [5.41, 5.74) is 4.96. The number of ketones is 4. The Morgan fingerprint density at radius 1 is 1.14 bits per heavy atom. The van der Waals surface area contributed by atoms with E-state index in [1.54, 1.807) is 0 Å². The van der Waals surface area contributed by atoms with Gasteiger partial charge >= 0.3 is 0 Å². The molecule has 0 aliphatic heterocycles. The second-order valence-corrected chi connectivity index (χ2v) is 10.8. The summed E-state index contributed by atoms with van der Waals surface area (Å²) in [5, 5.41) is 22.6. The lowest BCUT2D eigenvalue weighted by Crippen LogP contribution is -2.68. The second kappa shape index (κ2) is 7.95. The number of hydrogen-bond donors (Lipinski definition) is 3. The van der Waals surface area contributed by atoms with E-state index in [0.29, 0.717) is 17.5 Å². The van der Waals surface area contributed by atoms with Gasteiger partial charge in [-0.25, -0.2) is 0 Å². The fraction of sp³-hybridized carbons (Fsp3) is 0.519. The minimum absolute atomic E-state index is 0.0406. The molecule has 3 unspecified atom stereocenters. The molecular formula is C27H29NO7. The first-order valence-electron chi connectivity index (χ1n) is 12.2. The fourth-order valence-corrected chi connectivity index (χ4v) is 6.77. The van der Waals surface area contributed by atoms with Crippen molar-refractivity contribution in [2.75, 3.05) is 0 Å². The number of benzene rings is 1. The van der Waals surface area contributed by atoms with E-state index in [1.165, 1.54) is 0 Å². The van der Waals surface area contributed by atoms with Crippen LogP contribution in [0.25, 0.3) is 0 Å². The van der Waals surface area contributed by atoms with Crippen molar-refractivity contribution < 1.29 is 34.2 Å². The number of fused-ring (bicyclic) bond motifs is 3. The molecule has 8 heteroatoms. The van der Waals surface area contributed by atoms with Gasteiger partial charge in [0.25, 0.3) is 0 Å². The van der Waals surface area contributed by atoms with Crippen LogP contribution < -0.4 is 5.73 Å². The van der Waals surface area contributed by atoms with E-state index in [-0.39, 0.29) is 36.0 Å². The van der Waals surface area contributed by atoms with Crippen LogP contribution in [-0.2, 0) is 25.6 Å². The van der Waals surface area contributed by atoms with Crippen LogP contribution in [0, 0.1) is 23.7 Å². The van der Waals surface area contributed by atoms with Crippen LogP contribution in [0.5, 0.6) is 5.75 Å². The molecule has 0 bridgehead atoms. The van der Waals surface area contributed by atoms with Crippen molar-refractivity contribution in [3.63, 3.8) is 0 Å². The third-order valence-electron chi connectivity index (χ3n) is 8.50. The van der Waals surface area contributed by atoms with E-state index in [2.05, 4.69) is 0 Å². The van der Waals surface area contributed by atoms with Crippen LogP contribution in [0.3, 0.4) is 0 Å². The maximum Gasteiger partial charge on any atom is 0.235 e. The highest BCUT2D eigenvalue weighted by molar-refractivity contribution is 6.31. The highest BCUT2D eigenvalue weighted by atomic mass is 16.3. The number of hydrogen-bond acceptors (Lipinski definition) is 7. The molecule has 0 heterocycles. The average Bonchev–Trinajstić information content (AvgIpc) is 3.30. The molecule has 0 radical (unpaired) electrons. The van der Waals surface area contributed by atoms with Crippen molar-refractivity contribution in [2.24, 2.45) is 29.4 Å². The summed E-state index contributed by atoms with van der Waals surface area (Å²) < 4.78 is 0. The number of primary amides is 1. The van der Waals surface area contributed by atoms with E-state index in [1.807, 2.05) is 32.1 Å². The minimum Gasteiger partial charge on any atom is -0.507 e. The highest BCUT2D eigenvalue weighted by Crippen LogP contribution is 2.52. The number of phenolic OH excluding ortho intramolecular Hbond substituents is 1. The lowest BCUT2D eigenvalue weighted by atomic mass is 9.53. The monoisotopic (exact) mass is 479 g/mol. The number of Topliss-reactive ketones (excluding diaryl/α,β-unsaturated/α-hetero) is 4. The van der Waals surface area contributed by atoms with Gasteiger partial charge in [-0.2, -0.15) is 0 Å². The van der Waals surface area contributed by atoms with Gasteiger partial charge in [0.1, 0.15) is 5.75 Å². The van der Waals surface area contributed by atoms with Gasteiger partial charge in [0.2, 0.25) is 5.91 Å². The molecule has 0 saturated heterocycles. The smallest absolute Gasteiger partial charge is 0.235 e. The Bertz CT molecular complexity index is 1230. The Morgan fingerprint density at radius 2 is 1.86 bits per heavy atom. The van der Waals surface area contributed by atoms with Crippen molar-refractivity contribution in [2.45, 2.75) is 63.4 Å². The van der Waals surface area contributed by atoms with E-state index >= 15 is 0 Å². The second-order valence-electron chi connectivity index (χ2n) is 10.8. The number of amides is 1. The largest absolute Gasteiger partial charge is 0.507 e. The molecule has 184 valence electrons. The van der Waals surface area contributed by atoms with Gasteiger partial charge < -0.3 is 15.9 Å². The Hall–Kier alpha value is -3.13. The lowest BCUT2D eigenvalue weighted by Gasteiger charge is -2.48. The van der Waals surface area contributed by atoms with Gasteiger partial charge in [0.05, 0.1) is 11.5 Å². The first kappa shape index (κ1) is 23.6. The SMILES string of the molecule is CC(C)c1cc(C2C=CCC2)c(O)c2c1C[C@H]1C[C@H]3CC(=O)C(C(N)=O)C(=O)[C@@]3(O)C(=O)C1C2=O.